The number of fused-ring (bicyclic) bond motifs is 18. The van der Waals surface area contributed by atoms with Crippen LogP contribution in [0.1, 0.15) is 77.6 Å². The Morgan fingerprint density at radius 3 is 2.24 bits per heavy atom. The Labute approximate surface area is 322 Å². The summed E-state index contributed by atoms with van der Waals surface area (Å²) >= 11 is 0. The van der Waals surface area contributed by atoms with Gasteiger partial charge in [-0.2, -0.15) is 0 Å². The molecule has 3 heterocycles. The van der Waals surface area contributed by atoms with Crippen LogP contribution in [0.3, 0.4) is 0 Å². The molecule has 2 aliphatic heterocycles. The Kier molecular flexibility index (Phi) is 14.5. The molecule has 12 heteroatoms. The molecule has 1 aromatic heterocycles. The fourth-order valence-corrected chi connectivity index (χ4v) is 6.36. The van der Waals surface area contributed by atoms with Crippen LogP contribution in [0.25, 0.3) is 0 Å². The number of anilines is 1. The van der Waals surface area contributed by atoms with Crippen LogP contribution in [-0.4, -0.2) is 70.6 Å². The van der Waals surface area contributed by atoms with Crippen molar-refractivity contribution < 1.29 is 24.0 Å². The SMILES string of the molecule is CC(C)C[C@@H]1NC(=O)[C@@H](Cc2ccccc2)NC(=O)c2ccc(cc2)CN(C(=O)c2ccccc2NCc2ccccn2)CCCCNC(=O)[C@@H](C)NC1=O. The molecule has 2 bridgehead atoms. The molecular formula is C43H51N7O5. The number of para-hydroxylation sites is 1. The van der Waals surface area contributed by atoms with Crippen LogP contribution < -0.4 is 26.6 Å². The number of pyridine rings is 1. The first kappa shape index (κ1) is 40.2. The van der Waals surface area contributed by atoms with Crippen molar-refractivity contribution in [2.24, 2.45) is 5.92 Å². The smallest absolute Gasteiger partial charge is 0.256 e. The molecule has 0 saturated heterocycles. The molecule has 12 nitrogen and oxygen atoms in total. The highest BCUT2D eigenvalue weighted by molar-refractivity contribution is 6.00. The predicted octanol–water partition coefficient (Wildman–Crippen LogP) is 4.62. The maximum Gasteiger partial charge on any atom is 0.256 e. The standard InChI is InChI=1S/C43H51N7O5/c1-29(2)25-37-41(53)47-30(3)39(51)45-23-11-12-24-50(43(55)35-16-7-8-17-36(35)46-27-34-15-9-10-22-44-34)28-32-18-20-33(21-19-32)40(52)48-38(42(54)49-37)26-31-13-5-4-6-14-31/h4-10,13-22,29-30,37-38,46H,11-12,23-28H2,1-3H3,(H,45,51)(H,47,53)(H,48,52)(H,49,54)/t30-,37+,38-/m1/s1. The Morgan fingerprint density at radius 1 is 0.800 bits per heavy atom. The van der Waals surface area contributed by atoms with Crippen molar-refractivity contribution >= 4 is 35.2 Å². The van der Waals surface area contributed by atoms with Crippen molar-refractivity contribution in [2.75, 3.05) is 18.4 Å². The first-order valence-corrected chi connectivity index (χ1v) is 18.9. The number of aromatic nitrogens is 1. The van der Waals surface area contributed by atoms with Gasteiger partial charge >= 0.3 is 0 Å². The minimum Gasteiger partial charge on any atom is -0.379 e. The molecule has 6 rings (SSSR count). The van der Waals surface area contributed by atoms with Gasteiger partial charge in [0.2, 0.25) is 17.7 Å². The molecule has 0 aliphatic carbocycles. The van der Waals surface area contributed by atoms with Crippen LogP contribution >= 0.6 is 0 Å². The summed E-state index contributed by atoms with van der Waals surface area (Å²) in [7, 11) is 0. The largest absolute Gasteiger partial charge is 0.379 e. The summed E-state index contributed by atoms with van der Waals surface area (Å²) in [5.41, 5.74) is 4.02. The van der Waals surface area contributed by atoms with Crippen LogP contribution in [-0.2, 0) is 33.9 Å². The van der Waals surface area contributed by atoms with Gasteiger partial charge in [0.25, 0.3) is 11.8 Å². The molecule has 0 saturated carbocycles. The number of rotatable bonds is 8. The number of carbonyl (C=O) groups excluding carboxylic acids is 5. The van der Waals surface area contributed by atoms with E-state index in [0.29, 0.717) is 55.7 Å². The van der Waals surface area contributed by atoms with Gasteiger partial charge in [-0.05, 0) is 79.6 Å². The van der Waals surface area contributed by atoms with E-state index in [1.54, 1.807) is 48.4 Å². The average molecular weight is 746 g/mol. The quantitative estimate of drug-likeness (QED) is 0.165. The van der Waals surface area contributed by atoms with Crippen molar-refractivity contribution in [2.45, 2.75) is 77.7 Å². The molecule has 0 unspecified atom stereocenters. The number of hydrogen-bond acceptors (Lipinski definition) is 7. The minimum atomic E-state index is -0.994. The second-order valence-electron chi connectivity index (χ2n) is 14.3. The number of carbonyl (C=O) groups is 5. The third-order valence-electron chi connectivity index (χ3n) is 9.37. The lowest BCUT2D eigenvalue weighted by molar-refractivity contribution is -0.132. The summed E-state index contributed by atoms with van der Waals surface area (Å²) in [6, 6.07) is 26.6. The molecular weight excluding hydrogens is 695 g/mol. The molecule has 4 aromatic rings. The van der Waals surface area contributed by atoms with E-state index < -0.39 is 35.8 Å². The third-order valence-corrected chi connectivity index (χ3v) is 9.37. The zero-order valence-electron chi connectivity index (χ0n) is 31.7. The first-order chi connectivity index (χ1) is 26.6. The fourth-order valence-electron chi connectivity index (χ4n) is 6.36. The van der Waals surface area contributed by atoms with Gasteiger partial charge in [-0.15, -0.1) is 0 Å². The third kappa shape index (κ3) is 12.0. The molecule has 0 fully saturated rings. The highest BCUT2D eigenvalue weighted by Gasteiger charge is 2.30. The molecule has 2 aliphatic rings. The van der Waals surface area contributed by atoms with Crippen LogP contribution in [0.4, 0.5) is 5.69 Å². The van der Waals surface area contributed by atoms with Gasteiger partial charge in [-0.1, -0.05) is 74.5 Å². The Hall–Kier alpha value is -6.04. The van der Waals surface area contributed by atoms with Crippen molar-refractivity contribution in [1.29, 1.82) is 0 Å². The van der Waals surface area contributed by atoms with E-state index in [4.69, 9.17) is 0 Å². The lowest BCUT2D eigenvalue weighted by Gasteiger charge is -2.25. The van der Waals surface area contributed by atoms with Gasteiger partial charge in [0, 0.05) is 43.5 Å². The topological polar surface area (TPSA) is 162 Å². The Morgan fingerprint density at radius 2 is 1.51 bits per heavy atom. The average Bonchev–Trinajstić information content (AvgIpc) is 3.19. The van der Waals surface area contributed by atoms with E-state index in [1.165, 1.54) is 0 Å². The Balaban J connectivity index is 1.40. The van der Waals surface area contributed by atoms with E-state index in [-0.39, 0.29) is 30.7 Å². The van der Waals surface area contributed by atoms with Crippen LogP contribution in [0.5, 0.6) is 0 Å². The molecule has 5 amide bonds. The maximum atomic E-state index is 14.2. The molecule has 3 aromatic carbocycles. The van der Waals surface area contributed by atoms with E-state index in [1.807, 2.05) is 80.6 Å². The summed E-state index contributed by atoms with van der Waals surface area (Å²) < 4.78 is 0. The maximum absolute atomic E-state index is 14.2. The van der Waals surface area contributed by atoms with E-state index in [9.17, 15) is 24.0 Å². The van der Waals surface area contributed by atoms with Crippen LogP contribution in [0, 0.1) is 5.92 Å². The van der Waals surface area contributed by atoms with Crippen molar-refractivity contribution in [1.82, 2.24) is 31.2 Å². The normalized spacial score (nSPS) is 19.1. The first-order valence-electron chi connectivity index (χ1n) is 18.9. The summed E-state index contributed by atoms with van der Waals surface area (Å²) in [4.78, 5) is 74.4. The number of nitrogens with zero attached hydrogens (tertiary/aromatic N) is 2. The van der Waals surface area contributed by atoms with Gasteiger partial charge in [0.1, 0.15) is 18.1 Å². The second kappa shape index (κ2) is 19.9. The summed E-state index contributed by atoms with van der Waals surface area (Å²) in [6.45, 7) is 6.95. The van der Waals surface area contributed by atoms with Gasteiger partial charge < -0.3 is 31.5 Å². The summed E-state index contributed by atoms with van der Waals surface area (Å²) in [5.74, 6) is -1.93. The number of hydrogen-bond donors (Lipinski definition) is 5. The van der Waals surface area contributed by atoms with Crippen LogP contribution in [0.2, 0.25) is 0 Å². The van der Waals surface area contributed by atoms with E-state index in [2.05, 4.69) is 31.6 Å². The highest BCUT2D eigenvalue weighted by Crippen LogP contribution is 2.21. The second-order valence-corrected chi connectivity index (χ2v) is 14.3. The van der Waals surface area contributed by atoms with Crippen molar-refractivity contribution in [3.63, 3.8) is 0 Å². The Bertz CT molecular complexity index is 1900. The molecule has 55 heavy (non-hydrogen) atoms. The molecule has 0 spiro atoms. The van der Waals surface area contributed by atoms with Crippen molar-refractivity contribution in [3.8, 4) is 0 Å². The summed E-state index contributed by atoms with van der Waals surface area (Å²) in [5, 5.41) is 14.7. The molecule has 3 atom stereocenters. The van der Waals surface area contributed by atoms with E-state index in [0.717, 1.165) is 16.8 Å². The molecule has 5 N–H and O–H groups in total. The number of nitrogens with one attached hydrogen (secondary N) is 5. The zero-order valence-corrected chi connectivity index (χ0v) is 31.7. The molecule has 288 valence electrons. The minimum absolute atomic E-state index is 0.0538. The highest BCUT2D eigenvalue weighted by atomic mass is 16.2. The predicted molar refractivity (Wildman–Crippen MR) is 212 cm³/mol. The van der Waals surface area contributed by atoms with E-state index >= 15 is 0 Å². The summed E-state index contributed by atoms with van der Waals surface area (Å²) in [6.07, 6.45) is 3.44. The number of amides is 5. The zero-order chi connectivity index (χ0) is 39.2. The van der Waals surface area contributed by atoms with Gasteiger partial charge in [0.05, 0.1) is 17.8 Å². The van der Waals surface area contributed by atoms with Gasteiger partial charge in [0.15, 0.2) is 0 Å². The van der Waals surface area contributed by atoms with Crippen LogP contribution in [0.15, 0.2) is 103 Å². The van der Waals surface area contributed by atoms with Crippen molar-refractivity contribution in [3.05, 3.63) is 131 Å². The fraction of sp³-hybridized carbons (Fsp3) is 0.349. The number of benzene rings is 3. The van der Waals surface area contributed by atoms with Gasteiger partial charge in [-0.25, -0.2) is 0 Å². The molecule has 0 radical (unpaired) electrons. The lowest BCUT2D eigenvalue weighted by Crippen LogP contribution is -2.57. The van der Waals surface area contributed by atoms with Gasteiger partial charge in [-0.3, -0.25) is 29.0 Å². The monoisotopic (exact) mass is 745 g/mol. The lowest BCUT2D eigenvalue weighted by atomic mass is 10.0.